The molecular weight excluding hydrogens is 354 g/mol. The van der Waals surface area contributed by atoms with Gasteiger partial charge in [0.2, 0.25) is 5.95 Å². The second-order valence-electron chi connectivity index (χ2n) is 7.13. The standard InChI is InChI=1S/C20H17N7O/c28-20-24-15-10-22-19(26-11-23-14-4-1-2-6-17(14)26)25-18(15)27(20)16-7-3-5-13-12(16)8-9-21-13/h1-2,4,6,8-11,16,21H,3,5,7H2,(H,24,28). The molecule has 0 saturated carbocycles. The van der Waals surface area contributed by atoms with Crippen LogP contribution in [0.5, 0.6) is 0 Å². The fraction of sp³-hybridized carbons (Fsp3) is 0.200. The number of rotatable bonds is 2. The lowest BCUT2D eigenvalue weighted by Crippen LogP contribution is -2.26. The fourth-order valence-corrected chi connectivity index (χ4v) is 4.27. The average molecular weight is 371 g/mol. The van der Waals surface area contributed by atoms with Crippen molar-refractivity contribution >= 4 is 22.2 Å². The quantitative estimate of drug-likeness (QED) is 0.499. The summed E-state index contributed by atoms with van der Waals surface area (Å²) in [4.78, 5) is 32.6. The molecule has 6 rings (SSSR count). The maximum atomic E-state index is 12.8. The number of aromatic amines is 2. The fourth-order valence-electron chi connectivity index (χ4n) is 4.27. The van der Waals surface area contributed by atoms with Crippen LogP contribution in [0.4, 0.5) is 0 Å². The number of aryl methyl sites for hydroxylation is 1. The van der Waals surface area contributed by atoms with Crippen molar-refractivity contribution in [2.24, 2.45) is 0 Å². The highest BCUT2D eigenvalue weighted by Crippen LogP contribution is 2.32. The summed E-state index contributed by atoms with van der Waals surface area (Å²) < 4.78 is 3.62. The van der Waals surface area contributed by atoms with Gasteiger partial charge in [-0.3, -0.25) is 9.13 Å². The molecule has 0 spiro atoms. The minimum Gasteiger partial charge on any atom is -0.365 e. The van der Waals surface area contributed by atoms with Crippen molar-refractivity contribution in [2.75, 3.05) is 0 Å². The maximum absolute atomic E-state index is 12.8. The van der Waals surface area contributed by atoms with Crippen LogP contribution in [0.25, 0.3) is 28.1 Å². The molecule has 8 nitrogen and oxygen atoms in total. The van der Waals surface area contributed by atoms with E-state index >= 15 is 0 Å². The van der Waals surface area contributed by atoms with Gasteiger partial charge in [-0.1, -0.05) is 12.1 Å². The van der Waals surface area contributed by atoms with Crippen LogP contribution in [0.15, 0.2) is 53.8 Å². The van der Waals surface area contributed by atoms with Gasteiger partial charge in [-0.25, -0.2) is 14.8 Å². The molecule has 0 amide bonds. The van der Waals surface area contributed by atoms with Crippen molar-refractivity contribution in [3.8, 4) is 5.95 Å². The molecule has 1 aliphatic carbocycles. The summed E-state index contributed by atoms with van der Waals surface area (Å²) in [7, 11) is 0. The molecule has 2 N–H and O–H groups in total. The molecule has 5 aromatic rings. The first-order valence-electron chi connectivity index (χ1n) is 9.35. The van der Waals surface area contributed by atoms with Crippen LogP contribution in [0.1, 0.15) is 30.1 Å². The zero-order chi connectivity index (χ0) is 18.7. The van der Waals surface area contributed by atoms with E-state index in [2.05, 4.69) is 26.0 Å². The number of aromatic nitrogens is 7. The summed E-state index contributed by atoms with van der Waals surface area (Å²) in [6.07, 6.45) is 8.28. The Morgan fingerprint density at radius 2 is 2.07 bits per heavy atom. The third-order valence-electron chi connectivity index (χ3n) is 5.56. The molecular formula is C20H17N7O. The number of benzene rings is 1. The molecule has 1 aromatic carbocycles. The number of H-pyrrole nitrogens is 2. The average Bonchev–Trinajstić information content (AvgIpc) is 3.43. The Morgan fingerprint density at radius 1 is 1.14 bits per heavy atom. The van der Waals surface area contributed by atoms with Crippen molar-refractivity contribution < 1.29 is 0 Å². The van der Waals surface area contributed by atoms with Crippen LogP contribution in [-0.4, -0.2) is 34.1 Å². The van der Waals surface area contributed by atoms with Crippen molar-refractivity contribution in [3.05, 3.63) is 70.8 Å². The Bertz CT molecular complexity index is 1390. The molecule has 0 radical (unpaired) electrons. The Labute approximate surface area is 158 Å². The van der Waals surface area contributed by atoms with Gasteiger partial charge in [0.1, 0.15) is 11.8 Å². The maximum Gasteiger partial charge on any atom is 0.328 e. The molecule has 4 heterocycles. The SMILES string of the molecule is O=c1[nH]c2cnc(-n3cnc4ccccc43)nc2n1C1CCCc2[nH]ccc21. The van der Waals surface area contributed by atoms with Gasteiger partial charge in [0.15, 0.2) is 5.65 Å². The molecule has 0 aliphatic heterocycles. The summed E-state index contributed by atoms with van der Waals surface area (Å²) >= 11 is 0. The second-order valence-corrected chi connectivity index (χ2v) is 7.13. The summed E-state index contributed by atoms with van der Waals surface area (Å²) in [5.41, 5.74) is 5.28. The summed E-state index contributed by atoms with van der Waals surface area (Å²) in [6, 6.07) is 9.87. The molecule has 28 heavy (non-hydrogen) atoms. The predicted octanol–water partition coefficient (Wildman–Crippen LogP) is 2.71. The van der Waals surface area contributed by atoms with E-state index in [1.54, 1.807) is 17.1 Å². The Kier molecular flexibility index (Phi) is 3.11. The summed E-state index contributed by atoms with van der Waals surface area (Å²) in [5, 5.41) is 0. The molecule has 1 aliphatic rings. The minimum absolute atomic E-state index is 0.0291. The van der Waals surface area contributed by atoms with E-state index < -0.39 is 0 Å². The number of nitrogens with one attached hydrogen (secondary N) is 2. The minimum atomic E-state index is -0.156. The Balaban J connectivity index is 1.57. The number of hydrogen-bond acceptors (Lipinski definition) is 4. The van der Waals surface area contributed by atoms with Gasteiger partial charge >= 0.3 is 5.69 Å². The van der Waals surface area contributed by atoms with Crippen molar-refractivity contribution in [3.63, 3.8) is 0 Å². The van der Waals surface area contributed by atoms with E-state index in [0.29, 0.717) is 17.1 Å². The normalized spacial score (nSPS) is 16.6. The van der Waals surface area contributed by atoms with E-state index in [0.717, 1.165) is 30.3 Å². The summed E-state index contributed by atoms with van der Waals surface area (Å²) in [6.45, 7) is 0. The molecule has 4 aromatic heterocycles. The van der Waals surface area contributed by atoms with Gasteiger partial charge in [0, 0.05) is 11.9 Å². The molecule has 1 atom stereocenters. The van der Waals surface area contributed by atoms with E-state index in [1.807, 2.05) is 35.0 Å². The van der Waals surface area contributed by atoms with Crippen molar-refractivity contribution in [1.29, 1.82) is 0 Å². The smallest absolute Gasteiger partial charge is 0.328 e. The predicted molar refractivity (Wildman–Crippen MR) is 105 cm³/mol. The highest BCUT2D eigenvalue weighted by atomic mass is 16.1. The van der Waals surface area contributed by atoms with Crippen molar-refractivity contribution in [2.45, 2.75) is 25.3 Å². The Morgan fingerprint density at radius 3 is 3.04 bits per heavy atom. The lowest BCUT2D eigenvalue weighted by atomic mass is 9.93. The van der Waals surface area contributed by atoms with Gasteiger partial charge in [0.05, 0.1) is 23.3 Å². The highest BCUT2D eigenvalue weighted by molar-refractivity contribution is 5.77. The molecule has 0 bridgehead atoms. The molecule has 138 valence electrons. The van der Waals surface area contributed by atoms with Gasteiger partial charge in [-0.2, -0.15) is 4.98 Å². The monoisotopic (exact) mass is 371 g/mol. The summed E-state index contributed by atoms with van der Waals surface area (Å²) in [5.74, 6) is 0.499. The largest absolute Gasteiger partial charge is 0.365 e. The van der Waals surface area contributed by atoms with Crippen LogP contribution in [0.2, 0.25) is 0 Å². The van der Waals surface area contributed by atoms with Gasteiger partial charge < -0.3 is 9.97 Å². The molecule has 1 unspecified atom stereocenters. The zero-order valence-corrected chi connectivity index (χ0v) is 15.0. The van der Waals surface area contributed by atoms with E-state index in [1.165, 1.54) is 11.3 Å². The first-order chi connectivity index (χ1) is 13.8. The van der Waals surface area contributed by atoms with Crippen LogP contribution in [0, 0.1) is 0 Å². The molecule has 8 heteroatoms. The zero-order valence-electron chi connectivity index (χ0n) is 15.0. The number of nitrogens with zero attached hydrogens (tertiary/aromatic N) is 5. The first kappa shape index (κ1) is 15.4. The van der Waals surface area contributed by atoms with Crippen LogP contribution >= 0.6 is 0 Å². The lowest BCUT2D eigenvalue weighted by Gasteiger charge is -2.23. The number of hydrogen-bond donors (Lipinski definition) is 2. The van der Waals surface area contributed by atoms with Crippen LogP contribution in [-0.2, 0) is 6.42 Å². The Hall–Kier alpha value is -3.68. The van der Waals surface area contributed by atoms with Gasteiger partial charge in [0.25, 0.3) is 0 Å². The molecule has 0 fully saturated rings. The van der Waals surface area contributed by atoms with E-state index in [9.17, 15) is 4.79 Å². The van der Waals surface area contributed by atoms with Crippen LogP contribution < -0.4 is 5.69 Å². The van der Waals surface area contributed by atoms with Gasteiger partial charge in [-0.05, 0) is 43.0 Å². The third kappa shape index (κ3) is 2.11. The van der Waals surface area contributed by atoms with E-state index in [-0.39, 0.29) is 11.7 Å². The molecule has 0 saturated heterocycles. The van der Waals surface area contributed by atoms with E-state index in [4.69, 9.17) is 4.98 Å². The van der Waals surface area contributed by atoms with Crippen molar-refractivity contribution in [1.82, 2.24) is 34.1 Å². The second kappa shape index (κ2) is 5.66. The topological polar surface area (TPSA) is 97.2 Å². The lowest BCUT2D eigenvalue weighted by molar-refractivity contribution is 0.485. The number of fused-ring (bicyclic) bond motifs is 3. The van der Waals surface area contributed by atoms with Crippen LogP contribution in [0.3, 0.4) is 0 Å². The number of imidazole rings is 2. The highest BCUT2D eigenvalue weighted by Gasteiger charge is 2.26. The van der Waals surface area contributed by atoms with Gasteiger partial charge in [-0.15, -0.1) is 0 Å². The first-order valence-corrected chi connectivity index (χ1v) is 9.35. The third-order valence-corrected chi connectivity index (χ3v) is 5.56. The number of para-hydroxylation sites is 2.